The molecule has 0 bridgehead atoms. The van der Waals surface area contributed by atoms with Crippen LogP contribution in [-0.2, 0) is 0 Å². The van der Waals surface area contributed by atoms with Crippen LogP contribution in [0.15, 0.2) is 24.3 Å². The Labute approximate surface area is 112 Å². The Morgan fingerprint density at radius 1 is 1.11 bits per heavy atom. The van der Waals surface area contributed by atoms with Crippen molar-refractivity contribution in [2.45, 2.75) is 46.6 Å². The van der Waals surface area contributed by atoms with Crippen LogP contribution >= 0.6 is 0 Å². The molecule has 102 valence electrons. The third kappa shape index (κ3) is 4.34. The highest BCUT2D eigenvalue weighted by molar-refractivity contribution is 5.28. The molecular formula is C16H27NO. The maximum Gasteiger partial charge on any atom is 0.119 e. The molecule has 2 nitrogen and oxygen atoms in total. The van der Waals surface area contributed by atoms with Crippen molar-refractivity contribution < 1.29 is 4.74 Å². The van der Waals surface area contributed by atoms with Gasteiger partial charge in [0.25, 0.3) is 0 Å². The zero-order valence-corrected chi connectivity index (χ0v) is 12.6. The van der Waals surface area contributed by atoms with Crippen LogP contribution in [0.25, 0.3) is 0 Å². The number of hydrogen-bond donors (Lipinski definition) is 1. The lowest BCUT2D eigenvalue weighted by atomic mass is 9.87. The molecule has 1 N–H and O–H groups in total. The first-order valence-electron chi connectivity index (χ1n) is 6.74. The number of ether oxygens (including phenoxy) is 1. The first kappa shape index (κ1) is 15.0. The van der Waals surface area contributed by atoms with E-state index in [-0.39, 0.29) is 5.41 Å². The fourth-order valence-electron chi connectivity index (χ4n) is 1.89. The summed E-state index contributed by atoms with van der Waals surface area (Å²) in [5.41, 5.74) is 1.55. The van der Waals surface area contributed by atoms with Crippen molar-refractivity contribution in [2.75, 3.05) is 13.7 Å². The summed E-state index contributed by atoms with van der Waals surface area (Å²) in [6.07, 6.45) is 0. The predicted molar refractivity (Wildman–Crippen MR) is 78.3 cm³/mol. The van der Waals surface area contributed by atoms with Crippen LogP contribution in [0, 0.1) is 5.41 Å². The van der Waals surface area contributed by atoms with Crippen LogP contribution < -0.4 is 10.1 Å². The first-order chi connectivity index (χ1) is 8.34. The van der Waals surface area contributed by atoms with Gasteiger partial charge in [0.2, 0.25) is 0 Å². The van der Waals surface area contributed by atoms with Gasteiger partial charge in [-0.15, -0.1) is 0 Å². The van der Waals surface area contributed by atoms with E-state index >= 15 is 0 Å². The summed E-state index contributed by atoms with van der Waals surface area (Å²) in [4.78, 5) is 0. The summed E-state index contributed by atoms with van der Waals surface area (Å²) in [5, 5.41) is 3.32. The maximum atomic E-state index is 5.86. The maximum absolute atomic E-state index is 5.86. The van der Waals surface area contributed by atoms with Gasteiger partial charge in [-0.3, -0.25) is 0 Å². The number of rotatable bonds is 5. The molecule has 0 fully saturated rings. The van der Waals surface area contributed by atoms with Crippen molar-refractivity contribution in [3.63, 3.8) is 0 Å². The van der Waals surface area contributed by atoms with Crippen molar-refractivity contribution in [3.8, 4) is 5.75 Å². The van der Waals surface area contributed by atoms with Crippen molar-refractivity contribution >= 4 is 0 Å². The summed E-state index contributed by atoms with van der Waals surface area (Å²) in [5.74, 6) is 1.52. The second-order valence-electron chi connectivity index (χ2n) is 6.24. The lowest BCUT2D eigenvalue weighted by Crippen LogP contribution is -2.42. The topological polar surface area (TPSA) is 21.3 Å². The van der Waals surface area contributed by atoms with Crippen LogP contribution in [0.4, 0.5) is 0 Å². The molecule has 1 rings (SSSR count). The summed E-state index contributed by atoms with van der Waals surface area (Å²) < 4.78 is 5.86. The minimum absolute atomic E-state index is 0.201. The Kier molecular flexibility index (Phi) is 5.21. The third-order valence-corrected chi connectivity index (χ3v) is 3.36. The average molecular weight is 249 g/mol. The van der Waals surface area contributed by atoms with E-state index in [1.165, 1.54) is 5.56 Å². The molecule has 0 radical (unpaired) electrons. The molecule has 0 aliphatic carbocycles. The summed E-state index contributed by atoms with van der Waals surface area (Å²) in [7, 11) is 1.99. The van der Waals surface area contributed by atoms with Crippen LogP contribution in [-0.4, -0.2) is 19.7 Å². The van der Waals surface area contributed by atoms with Crippen molar-refractivity contribution in [2.24, 2.45) is 5.41 Å². The minimum Gasteiger partial charge on any atom is -0.492 e. The van der Waals surface area contributed by atoms with E-state index in [2.05, 4.69) is 64.2 Å². The van der Waals surface area contributed by atoms with E-state index in [1.807, 2.05) is 7.05 Å². The Hall–Kier alpha value is -1.02. The Bertz CT molecular complexity index is 348. The monoisotopic (exact) mass is 249 g/mol. The smallest absolute Gasteiger partial charge is 0.119 e. The summed E-state index contributed by atoms with van der Waals surface area (Å²) >= 11 is 0. The molecule has 0 spiro atoms. The molecule has 0 saturated carbocycles. The Balaban J connectivity index is 2.58. The number of hydrogen-bond acceptors (Lipinski definition) is 2. The highest BCUT2D eigenvalue weighted by atomic mass is 16.5. The standard InChI is InChI=1S/C16H27NO/c1-12(2)13-7-9-14(10-8-13)18-11-15(17-6)16(3,4)5/h7-10,12,15,17H,11H2,1-6H3. The number of nitrogens with one attached hydrogen (secondary N) is 1. The van der Waals surface area contributed by atoms with Crippen molar-refractivity contribution in [1.82, 2.24) is 5.32 Å². The third-order valence-electron chi connectivity index (χ3n) is 3.36. The first-order valence-corrected chi connectivity index (χ1v) is 6.74. The van der Waals surface area contributed by atoms with Gasteiger partial charge in [-0.05, 0) is 36.1 Å². The molecular weight excluding hydrogens is 222 g/mol. The molecule has 1 aromatic rings. The lowest BCUT2D eigenvalue weighted by molar-refractivity contribution is 0.181. The number of benzene rings is 1. The van der Waals surface area contributed by atoms with Crippen molar-refractivity contribution in [3.05, 3.63) is 29.8 Å². The van der Waals surface area contributed by atoms with E-state index in [0.717, 1.165) is 5.75 Å². The summed E-state index contributed by atoms with van der Waals surface area (Å²) in [6.45, 7) is 11.8. The molecule has 1 atom stereocenters. The van der Waals surface area contributed by atoms with Crippen LogP contribution in [0.1, 0.15) is 46.1 Å². The molecule has 1 aromatic carbocycles. The van der Waals surface area contributed by atoms with Gasteiger partial charge < -0.3 is 10.1 Å². The van der Waals surface area contributed by atoms with Crippen LogP contribution in [0.2, 0.25) is 0 Å². The number of likely N-dealkylation sites (N-methyl/N-ethyl adjacent to an activating group) is 1. The van der Waals surface area contributed by atoms with Gasteiger partial charge in [0.05, 0.1) is 0 Å². The van der Waals surface area contributed by atoms with Crippen LogP contribution in [0.5, 0.6) is 5.75 Å². The Morgan fingerprint density at radius 2 is 1.67 bits per heavy atom. The molecule has 0 saturated heterocycles. The Morgan fingerprint density at radius 3 is 2.06 bits per heavy atom. The second kappa shape index (κ2) is 6.24. The minimum atomic E-state index is 0.201. The average Bonchev–Trinajstić information content (AvgIpc) is 2.28. The van der Waals surface area contributed by atoms with Gasteiger partial charge in [-0.1, -0.05) is 46.8 Å². The van der Waals surface area contributed by atoms with Gasteiger partial charge in [0, 0.05) is 6.04 Å². The molecule has 2 heteroatoms. The van der Waals surface area contributed by atoms with Gasteiger partial charge in [-0.25, -0.2) is 0 Å². The molecule has 1 unspecified atom stereocenters. The summed E-state index contributed by atoms with van der Waals surface area (Å²) in [6, 6.07) is 8.76. The zero-order valence-electron chi connectivity index (χ0n) is 12.6. The fourth-order valence-corrected chi connectivity index (χ4v) is 1.89. The highest BCUT2D eigenvalue weighted by Crippen LogP contribution is 2.22. The quantitative estimate of drug-likeness (QED) is 0.856. The van der Waals surface area contributed by atoms with Gasteiger partial charge in [0.15, 0.2) is 0 Å². The molecule has 0 aliphatic heterocycles. The SMILES string of the molecule is CNC(COc1ccc(C(C)C)cc1)C(C)(C)C. The predicted octanol–water partition coefficient (Wildman–Crippen LogP) is 3.82. The molecule has 0 aliphatic rings. The lowest BCUT2D eigenvalue weighted by Gasteiger charge is -2.30. The van der Waals surface area contributed by atoms with Gasteiger partial charge in [0.1, 0.15) is 12.4 Å². The molecule has 0 amide bonds. The van der Waals surface area contributed by atoms with E-state index < -0.39 is 0 Å². The van der Waals surface area contributed by atoms with E-state index in [9.17, 15) is 0 Å². The molecule has 0 aromatic heterocycles. The van der Waals surface area contributed by atoms with E-state index in [4.69, 9.17) is 4.74 Å². The largest absolute Gasteiger partial charge is 0.492 e. The molecule has 0 heterocycles. The highest BCUT2D eigenvalue weighted by Gasteiger charge is 2.23. The normalized spacial score (nSPS) is 13.7. The van der Waals surface area contributed by atoms with Crippen molar-refractivity contribution in [1.29, 1.82) is 0 Å². The van der Waals surface area contributed by atoms with E-state index in [1.54, 1.807) is 0 Å². The molecule has 18 heavy (non-hydrogen) atoms. The van der Waals surface area contributed by atoms with E-state index in [0.29, 0.717) is 18.6 Å². The second-order valence-corrected chi connectivity index (χ2v) is 6.24. The zero-order chi connectivity index (χ0) is 13.8. The van der Waals surface area contributed by atoms with Gasteiger partial charge in [-0.2, -0.15) is 0 Å². The van der Waals surface area contributed by atoms with Crippen LogP contribution in [0.3, 0.4) is 0 Å². The van der Waals surface area contributed by atoms with Gasteiger partial charge >= 0.3 is 0 Å². The fraction of sp³-hybridized carbons (Fsp3) is 0.625.